The second-order valence-corrected chi connectivity index (χ2v) is 8.45. The molecule has 0 unspecified atom stereocenters. The Morgan fingerprint density at radius 2 is 1.64 bits per heavy atom. The van der Waals surface area contributed by atoms with E-state index in [4.69, 9.17) is 30.8 Å². The fourth-order valence-electron chi connectivity index (χ4n) is 3.43. The van der Waals surface area contributed by atoms with Gasteiger partial charge in [0.25, 0.3) is 5.91 Å². The third-order valence-electron chi connectivity index (χ3n) is 5.26. The van der Waals surface area contributed by atoms with Gasteiger partial charge in [-0.1, -0.05) is 36.8 Å². The van der Waals surface area contributed by atoms with Crippen LogP contribution in [0.4, 0.5) is 5.13 Å². The van der Waals surface area contributed by atoms with E-state index < -0.39 is 0 Å². The molecule has 1 amide bonds. The highest BCUT2D eigenvalue weighted by Crippen LogP contribution is 2.39. The third-order valence-corrected chi connectivity index (χ3v) is 6.54. The van der Waals surface area contributed by atoms with Crippen molar-refractivity contribution in [2.24, 2.45) is 0 Å². The first kappa shape index (κ1) is 27.0. The number of likely N-dealkylation sites (N-methyl/N-ethyl adjacent to an activating group) is 1. The van der Waals surface area contributed by atoms with Gasteiger partial charge in [0.2, 0.25) is 5.75 Å². The average Bonchev–Trinajstić information content (AvgIpc) is 3.23. The molecule has 0 bridgehead atoms. The number of amides is 1. The van der Waals surface area contributed by atoms with Crippen LogP contribution in [0, 0.1) is 0 Å². The largest absolute Gasteiger partial charge is 0.493 e. The number of thiazole rings is 1. The monoisotopic (exact) mass is 513 g/mol. The molecule has 0 aliphatic rings. The van der Waals surface area contributed by atoms with Crippen LogP contribution in [0.15, 0.2) is 30.3 Å². The van der Waals surface area contributed by atoms with Gasteiger partial charge in [-0.25, -0.2) is 4.98 Å². The predicted octanol–water partition coefficient (Wildman–Crippen LogP) is 5.39. The number of rotatable bonds is 10. The highest BCUT2D eigenvalue weighted by atomic mass is 35.5. The van der Waals surface area contributed by atoms with Gasteiger partial charge < -0.3 is 19.1 Å². The molecule has 0 aliphatic heterocycles. The van der Waals surface area contributed by atoms with Crippen LogP contribution in [0.5, 0.6) is 17.2 Å². The lowest BCUT2D eigenvalue weighted by molar-refractivity contribution is 0.0983. The fraction of sp³-hybridized carbons (Fsp3) is 0.391. The molecule has 0 spiro atoms. The van der Waals surface area contributed by atoms with Crippen molar-refractivity contribution >= 4 is 56.6 Å². The number of carbonyl (C=O) groups excluding carboxylic acids is 1. The second kappa shape index (κ2) is 12.3. The van der Waals surface area contributed by atoms with Crippen LogP contribution in [0.2, 0.25) is 5.02 Å². The number of benzene rings is 2. The minimum absolute atomic E-state index is 0. The molecule has 3 rings (SSSR count). The van der Waals surface area contributed by atoms with Gasteiger partial charge in [-0.3, -0.25) is 9.69 Å². The number of hydrogen-bond donors (Lipinski definition) is 0. The molecule has 0 saturated heterocycles. The summed E-state index contributed by atoms with van der Waals surface area (Å²) in [6.07, 6.45) is 0. The normalized spacial score (nSPS) is 10.8. The van der Waals surface area contributed by atoms with E-state index in [9.17, 15) is 4.79 Å². The van der Waals surface area contributed by atoms with Crippen LogP contribution in [0.1, 0.15) is 24.2 Å². The third kappa shape index (κ3) is 6.00. The number of hydrogen-bond acceptors (Lipinski definition) is 7. The highest BCUT2D eigenvalue weighted by molar-refractivity contribution is 7.22. The Hall–Kier alpha value is -2.26. The summed E-state index contributed by atoms with van der Waals surface area (Å²) in [6, 6.07) is 8.86. The Morgan fingerprint density at radius 1 is 1.00 bits per heavy atom. The van der Waals surface area contributed by atoms with Gasteiger partial charge in [0, 0.05) is 23.7 Å². The summed E-state index contributed by atoms with van der Waals surface area (Å²) < 4.78 is 17.2. The predicted molar refractivity (Wildman–Crippen MR) is 137 cm³/mol. The SMILES string of the molecule is CCN(CC)CCN(C(=O)c1cc(OC)c(OC)c(OC)c1)c1nc2ccc(Cl)cc2s1.Cl. The maximum Gasteiger partial charge on any atom is 0.260 e. The molecule has 0 atom stereocenters. The Bertz CT molecular complexity index is 1060. The van der Waals surface area contributed by atoms with Gasteiger partial charge in [0.1, 0.15) is 0 Å². The molecule has 33 heavy (non-hydrogen) atoms. The molecule has 0 fully saturated rings. The van der Waals surface area contributed by atoms with Crippen molar-refractivity contribution in [2.75, 3.05) is 52.4 Å². The molecule has 1 aromatic heterocycles. The van der Waals surface area contributed by atoms with Gasteiger partial charge in [-0.15, -0.1) is 12.4 Å². The van der Waals surface area contributed by atoms with Crippen molar-refractivity contribution in [1.29, 1.82) is 0 Å². The zero-order valence-corrected chi connectivity index (χ0v) is 21.8. The number of carbonyl (C=O) groups is 1. The maximum absolute atomic E-state index is 13.7. The number of halogens is 2. The fourth-order valence-corrected chi connectivity index (χ4v) is 4.69. The Balaban J connectivity index is 0.00000385. The Labute approximate surface area is 209 Å². The Morgan fingerprint density at radius 3 is 2.18 bits per heavy atom. The average molecular weight is 514 g/mol. The lowest BCUT2D eigenvalue weighted by Gasteiger charge is -2.25. The summed E-state index contributed by atoms with van der Waals surface area (Å²) in [5, 5.41) is 1.26. The number of methoxy groups -OCH3 is 3. The molecule has 0 radical (unpaired) electrons. The minimum atomic E-state index is -0.193. The van der Waals surface area contributed by atoms with Crippen LogP contribution in [-0.4, -0.2) is 63.3 Å². The number of anilines is 1. The quantitative estimate of drug-likeness (QED) is 0.362. The van der Waals surface area contributed by atoms with E-state index in [2.05, 4.69) is 18.7 Å². The summed E-state index contributed by atoms with van der Waals surface area (Å²) in [5.41, 5.74) is 1.23. The molecule has 1 heterocycles. The van der Waals surface area contributed by atoms with Gasteiger partial charge >= 0.3 is 0 Å². The van der Waals surface area contributed by atoms with E-state index in [-0.39, 0.29) is 18.3 Å². The standard InChI is InChI=1S/C23H28ClN3O4S.ClH/c1-6-26(7-2)10-11-27(23-25-17-9-8-16(24)14-20(17)32-23)22(28)15-12-18(29-3)21(31-5)19(13-15)30-4;/h8-9,12-14H,6-7,10-11H2,1-5H3;1H. The molecule has 3 aromatic rings. The molecule has 0 aliphatic carbocycles. The lowest BCUT2D eigenvalue weighted by atomic mass is 10.1. The number of ether oxygens (including phenoxy) is 3. The smallest absolute Gasteiger partial charge is 0.260 e. The first-order chi connectivity index (χ1) is 15.4. The van der Waals surface area contributed by atoms with Crippen LogP contribution < -0.4 is 19.1 Å². The van der Waals surface area contributed by atoms with E-state index in [1.54, 1.807) is 23.1 Å². The van der Waals surface area contributed by atoms with Crippen LogP contribution in [0.25, 0.3) is 10.2 Å². The van der Waals surface area contributed by atoms with Gasteiger partial charge in [0.05, 0.1) is 31.5 Å². The molecular weight excluding hydrogens is 485 g/mol. The number of fused-ring (bicyclic) bond motifs is 1. The van der Waals surface area contributed by atoms with Crippen molar-refractivity contribution in [3.05, 3.63) is 40.9 Å². The molecule has 10 heteroatoms. The van der Waals surface area contributed by atoms with Crippen LogP contribution in [-0.2, 0) is 0 Å². The van der Waals surface area contributed by atoms with E-state index in [0.29, 0.717) is 39.5 Å². The van der Waals surface area contributed by atoms with Crippen LogP contribution >= 0.6 is 35.3 Å². The summed E-state index contributed by atoms with van der Waals surface area (Å²) in [7, 11) is 4.59. The van der Waals surface area contributed by atoms with Crippen molar-refractivity contribution < 1.29 is 19.0 Å². The van der Waals surface area contributed by atoms with Crippen LogP contribution in [0.3, 0.4) is 0 Å². The molecule has 7 nitrogen and oxygen atoms in total. The molecule has 2 aromatic carbocycles. The van der Waals surface area contributed by atoms with Crippen molar-refractivity contribution in [3.8, 4) is 17.2 Å². The van der Waals surface area contributed by atoms with Crippen molar-refractivity contribution in [3.63, 3.8) is 0 Å². The topological polar surface area (TPSA) is 64.1 Å². The zero-order chi connectivity index (χ0) is 23.3. The number of nitrogens with zero attached hydrogens (tertiary/aromatic N) is 3. The van der Waals surface area contributed by atoms with Crippen molar-refractivity contribution in [2.45, 2.75) is 13.8 Å². The zero-order valence-electron chi connectivity index (χ0n) is 19.4. The van der Waals surface area contributed by atoms with E-state index in [1.165, 1.54) is 32.7 Å². The lowest BCUT2D eigenvalue weighted by Crippen LogP contribution is -2.38. The maximum atomic E-state index is 13.7. The first-order valence-electron chi connectivity index (χ1n) is 10.4. The van der Waals surface area contributed by atoms with Gasteiger partial charge in [0.15, 0.2) is 16.6 Å². The highest BCUT2D eigenvalue weighted by Gasteiger charge is 2.25. The second-order valence-electron chi connectivity index (χ2n) is 7.01. The molecular formula is C23H29Cl2N3O4S. The summed E-state index contributed by atoms with van der Waals surface area (Å²) in [5.74, 6) is 1.10. The van der Waals surface area contributed by atoms with Crippen molar-refractivity contribution in [1.82, 2.24) is 9.88 Å². The number of aromatic nitrogens is 1. The minimum Gasteiger partial charge on any atom is -0.493 e. The Kier molecular flexibility index (Phi) is 10.0. The summed E-state index contributed by atoms with van der Waals surface area (Å²) in [4.78, 5) is 22.4. The summed E-state index contributed by atoms with van der Waals surface area (Å²) >= 11 is 7.59. The first-order valence-corrected chi connectivity index (χ1v) is 11.5. The van der Waals surface area contributed by atoms with Gasteiger partial charge in [-0.05, 0) is 43.4 Å². The van der Waals surface area contributed by atoms with Gasteiger partial charge in [-0.2, -0.15) is 0 Å². The van der Waals surface area contributed by atoms with E-state index >= 15 is 0 Å². The van der Waals surface area contributed by atoms with E-state index in [0.717, 1.165) is 29.9 Å². The summed E-state index contributed by atoms with van der Waals surface area (Å²) in [6.45, 7) is 7.23. The molecule has 180 valence electrons. The molecule has 0 saturated carbocycles. The van der Waals surface area contributed by atoms with E-state index in [1.807, 2.05) is 12.1 Å². The molecule has 0 N–H and O–H groups in total.